The number of pyridine rings is 1. The van der Waals surface area contributed by atoms with Gasteiger partial charge < -0.3 is 9.30 Å². The van der Waals surface area contributed by atoms with Gasteiger partial charge >= 0.3 is 5.97 Å². The first-order chi connectivity index (χ1) is 8.45. The van der Waals surface area contributed by atoms with E-state index >= 15 is 0 Å². The Balaban J connectivity index is 2.38. The molecular weight excluding hydrogens is 230 g/mol. The number of carbonyl (C=O) groups excluding carboxylic acids is 1. The molecule has 4 nitrogen and oxygen atoms in total. The van der Waals surface area contributed by atoms with Gasteiger partial charge in [-0.2, -0.15) is 0 Å². The molecule has 1 aliphatic carbocycles. The molecule has 0 saturated carbocycles. The van der Waals surface area contributed by atoms with Crippen LogP contribution in [0, 0.1) is 5.41 Å². The Labute approximate surface area is 107 Å². The van der Waals surface area contributed by atoms with E-state index in [0.717, 1.165) is 25.0 Å². The molecule has 0 saturated heterocycles. The van der Waals surface area contributed by atoms with Crippen molar-refractivity contribution in [3.8, 4) is 0 Å². The first-order valence-corrected chi connectivity index (χ1v) is 6.26. The summed E-state index contributed by atoms with van der Waals surface area (Å²) in [6, 6.07) is 3.50. The Morgan fingerprint density at radius 2 is 2.11 bits per heavy atom. The van der Waals surface area contributed by atoms with E-state index in [0.29, 0.717) is 6.54 Å². The van der Waals surface area contributed by atoms with Crippen LogP contribution in [0.2, 0.25) is 0 Å². The van der Waals surface area contributed by atoms with E-state index < -0.39 is 5.41 Å². The van der Waals surface area contributed by atoms with E-state index in [1.54, 1.807) is 24.5 Å². The Bertz CT molecular complexity index is 528. The summed E-state index contributed by atoms with van der Waals surface area (Å²) in [5.74, 6) is -0.287. The molecule has 4 heteroatoms. The molecule has 2 rings (SSSR count). The van der Waals surface area contributed by atoms with Gasteiger partial charge in [0.25, 0.3) is 5.56 Å². The number of ether oxygens (including phenoxy) is 1. The summed E-state index contributed by atoms with van der Waals surface area (Å²) in [5, 5.41) is 0. The summed E-state index contributed by atoms with van der Waals surface area (Å²) in [5.41, 5.74) is 1.60. The molecule has 98 valence electrons. The van der Waals surface area contributed by atoms with Crippen molar-refractivity contribution in [2.45, 2.75) is 39.7 Å². The van der Waals surface area contributed by atoms with E-state index in [9.17, 15) is 9.59 Å². The van der Waals surface area contributed by atoms with Crippen LogP contribution in [0.15, 0.2) is 16.9 Å². The number of carbonyl (C=O) groups is 1. The quantitative estimate of drug-likeness (QED) is 0.763. The maximum absolute atomic E-state index is 12.0. The van der Waals surface area contributed by atoms with Gasteiger partial charge in [0.2, 0.25) is 0 Å². The molecular formula is C14H19NO3. The van der Waals surface area contributed by atoms with Crippen LogP contribution in [-0.4, -0.2) is 17.6 Å². The first-order valence-electron chi connectivity index (χ1n) is 6.26. The molecule has 1 heterocycles. The van der Waals surface area contributed by atoms with Crippen LogP contribution in [-0.2, 0) is 28.9 Å². The number of hydrogen-bond donors (Lipinski definition) is 0. The molecule has 1 aromatic heterocycles. The third kappa shape index (κ3) is 2.19. The van der Waals surface area contributed by atoms with Gasteiger partial charge in [0.15, 0.2) is 0 Å². The van der Waals surface area contributed by atoms with Gasteiger partial charge in [-0.1, -0.05) is 6.07 Å². The summed E-state index contributed by atoms with van der Waals surface area (Å²) in [6.07, 6.45) is 3.02. The smallest absolute Gasteiger partial charge is 0.313 e. The van der Waals surface area contributed by atoms with Crippen LogP contribution in [0.1, 0.15) is 31.5 Å². The number of aromatic nitrogens is 1. The van der Waals surface area contributed by atoms with Crippen LogP contribution < -0.4 is 5.56 Å². The summed E-state index contributed by atoms with van der Waals surface area (Å²) < 4.78 is 6.53. The molecule has 0 aliphatic heterocycles. The summed E-state index contributed by atoms with van der Waals surface area (Å²) in [4.78, 5) is 23.7. The van der Waals surface area contributed by atoms with E-state index in [2.05, 4.69) is 0 Å². The third-order valence-corrected chi connectivity index (χ3v) is 3.54. The fraction of sp³-hybridized carbons (Fsp3) is 0.571. The van der Waals surface area contributed by atoms with Gasteiger partial charge in [-0.25, -0.2) is 0 Å². The van der Waals surface area contributed by atoms with E-state index in [4.69, 9.17) is 4.74 Å². The van der Waals surface area contributed by atoms with Crippen molar-refractivity contribution in [3.05, 3.63) is 33.7 Å². The van der Waals surface area contributed by atoms with Crippen molar-refractivity contribution in [1.29, 1.82) is 0 Å². The van der Waals surface area contributed by atoms with Crippen LogP contribution >= 0.6 is 0 Å². The molecule has 0 bridgehead atoms. The highest BCUT2D eigenvalue weighted by Gasteiger charge is 2.31. The van der Waals surface area contributed by atoms with Crippen molar-refractivity contribution in [3.63, 3.8) is 0 Å². The second-order valence-corrected chi connectivity index (χ2v) is 5.46. The summed E-state index contributed by atoms with van der Waals surface area (Å²) >= 11 is 0. The van der Waals surface area contributed by atoms with Crippen molar-refractivity contribution in [1.82, 2.24) is 4.57 Å². The fourth-order valence-electron chi connectivity index (χ4n) is 2.54. The number of fused-ring (bicyclic) bond motifs is 1. The largest absolute Gasteiger partial charge is 0.469 e. The second-order valence-electron chi connectivity index (χ2n) is 5.46. The minimum absolute atomic E-state index is 0.0346. The fourth-order valence-corrected chi connectivity index (χ4v) is 2.54. The predicted octanol–water partition coefficient (Wildman–Crippen LogP) is 1.54. The van der Waals surface area contributed by atoms with Crippen molar-refractivity contribution < 1.29 is 9.53 Å². The Morgan fingerprint density at radius 1 is 1.39 bits per heavy atom. The van der Waals surface area contributed by atoms with E-state index in [1.807, 2.05) is 6.07 Å². The van der Waals surface area contributed by atoms with Crippen molar-refractivity contribution in [2.75, 3.05) is 7.11 Å². The third-order valence-electron chi connectivity index (χ3n) is 3.54. The lowest BCUT2D eigenvalue weighted by molar-refractivity contribution is -0.151. The summed E-state index contributed by atoms with van der Waals surface area (Å²) in [7, 11) is 1.38. The van der Waals surface area contributed by atoms with Gasteiger partial charge in [0.05, 0.1) is 12.5 Å². The molecule has 1 aliphatic rings. The maximum Gasteiger partial charge on any atom is 0.313 e. The van der Waals surface area contributed by atoms with Crippen molar-refractivity contribution >= 4 is 5.97 Å². The molecule has 0 spiro atoms. The zero-order valence-corrected chi connectivity index (χ0v) is 11.2. The van der Waals surface area contributed by atoms with Gasteiger partial charge in [-0.3, -0.25) is 9.59 Å². The molecule has 0 radical (unpaired) electrons. The molecule has 0 atom stereocenters. The topological polar surface area (TPSA) is 48.3 Å². The average Bonchev–Trinajstić information content (AvgIpc) is 2.80. The molecule has 0 N–H and O–H groups in total. The highest BCUT2D eigenvalue weighted by molar-refractivity contribution is 5.75. The molecule has 1 aromatic rings. The Kier molecular flexibility index (Phi) is 3.28. The standard InChI is InChI=1S/C14H19NO3/c1-14(2,13(17)18-3)9-15-11-6-4-5-10(11)7-8-12(15)16/h7-8H,4-6,9H2,1-3H3. The van der Waals surface area contributed by atoms with Crippen LogP contribution in [0.3, 0.4) is 0 Å². The molecule has 0 aromatic carbocycles. The number of rotatable bonds is 3. The number of nitrogens with zero attached hydrogens (tertiary/aromatic N) is 1. The SMILES string of the molecule is COC(=O)C(C)(C)Cn1c2c(ccc1=O)CCC2. The van der Waals surface area contributed by atoms with E-state index in [-0.39, 0.29) is 11.5 Å². The first kappa shape index (κ1) is 12.9. The minimum atomic E-state index is -0.684. The number of methoxy groups -OCH3 is 1. The zero-order valence-electron chi connectivity index (χ0n) is 11.2. The van der Waals surface area contributed by atoms with Gasteiger partial charge in [0, 0.05) is 18.3 Å². The monoisotopic (exact) mass is 249 g/mol. The number of esters is 1. The summed E-state index contributed by atoms with van der Waals surface area (Å²) in [6.45, 7) is 3.99. The number of hydrogen-bond acceptors (Lipinski definition) is 3. The van der Waals surface area contributed by atoms with Crippen molar-refractivity contribution in [2.24, 2.45) is 5.41 Å². The van der Waals surface area contributed by atoms with Gasteiger partial charge in [0.1, 0.15) is 0 Å². The molecule has 0 amide bonds. The Morgan fingerprint density at radius 3 is 2.78 bits per heavy atom. The molecule has 0 unspecified atom stereocenters. The van der Waals surface area contributed by atoms with Crippen LogP contribution in [0.4, 0.5) is 0 Å². The molecule has 0 fully saturated rings. The highest BCUT2D eigenvalue weighted by atomic mass is 16.5. The molecule has 18 heavy (non-hydrogen) atoms. The predicted molar refractivity (Wildman–Crippen MR) is 68.5 cm³/mol. The van der Waals surface area contributed by atoms with Gasteiger partial charge in [-0.05, 0) is 38.7 Å². The van der Waals surface area contributed by atoms with Gasteiger partial charge in [-0.15, -0.1) is 0 Å². The zero-order chi connectivity index (χ0) is 13.3. The number of aryl methyl sites for hydroxylation is 1. The Hall–Kier alpha value is -1.58. The maximum atomic E-state index is 12.0. The lowest BCUT2D eigenvalue weighted by atomic mass is 9.93. The normalized spacial score (nSPS) is 14.4. The van der Waals surface area contributed by atoms with Crippen LogP contribution in [0.5, 0.6) is 0 Å². The highest BCUT2D eigenvalue weighted by Crippen LogP contribution is 2.24. The average molecular weight is 249 g/mol. The lowest BCUT2D eigenvalue weighted by Gasteiger charge is -2.24. The van der Waals surface area contributed by atoms with E-state index in [1.165, 1.54) is 12.7 Å². The second kappa shape index (κ2) is 4.59. The lowest BCUT2D eigenvalue weighted by Crippen LogP contribution is -2.36. The minimum Gasteiger partial charge on any atom is -0.469 e. The van der Waals surface area contributed by atoms with Crippen LogP contribution in [0.25, 0.3) is 0 Å².